The molecule has 8 heteroatoms. The summed E-state index contributed by atoms with van der Waals surface area (Å²) < 4.78 is 15.8. The molecule has 180 valence electrons. The maximum atomic E-state index is 13.8. The number of benzene rings is 3. The van der Waals surface area contributed by atoms with Crippen molar-refractivity contribution in [3.8, 4) is 11.4 Å². The summed E-state index contributed by atoms with van der Waals surface area (Å²) in [5.74, 6) is -0.836. The molecule has 3 N–H and O–H groups in total. The Hall–Kier alpha value is -4.72. The van der Waals surface area contributed by atoms with Crippen LogP contribution in [0.15, 0.2) is 79.1 Å². The van der Waals surface area contributed by atoms with Crippen LogP contribution in [0.5, 0.6) is 0 Å². The highest BCUT2D eigenvalue weighted by atomic mass is 19.1. The lowest BCUT2D eigenvalue weighted by Crippen LogP contribution is -2.10. The van der Waals surface area contributed by atoms with Crippen molar-refractivity contribution in [3.63, 3.8) is 0 Å². The van der Waals surface area contributed by atoms with Crippen molar-refractivity contribution >= 4 is 34.5 Å². The summed E-state index contributed by atoms with van der Waals surface area (Å²) in [5.41, 5.74) is 5.15. The largest absolute Gasteiger partial charge is 0.481 e. The van der Waals surface area contributed by atoms with E-state index in [-0.39, 0.29) is 12.3 Å². The van der Waals surface area contributed by atoms with E-state index in [9.17, 15) is 14.0 Å². The van der Waals surface area contributed by atoms with Crippen molar-refractivity contribution in [1.29, 1.82) is 0 Å². The minimum absolute atomic E-state index is 0.0000350. The Morgan fingerprint density at radius 2 is 1.92 bits per heavy atom. The van der Waals surface area contributed by atoms with E-state index in [0.29, 0.717) is 34.5 Å². The van der Waals surface area contributed by atoms with Gasteiger partial charge in [-0.05, 0) is 66.1 Å². The normalized spacial score (nSPS) is 13.8. The van der Waals surface area contributed by atoms with Gasteiger partial charge in [0.15, 0.2) is 0 Å². The van der Waals surface area contributed by atoms with Crippen molar-refractivity contribution in [2.24, 2.45) is 7.05 Å². The van der Waals surface area contributed by atoms with Gasteiger partial charge in [-0.1, -0.05) is 18.2 Å². The molecule has 0 radical (unpaired) electrons. The summed E-state index contributed by atoms with van der Waals surface area (Å²) >= 11 is 0. The van der Waals surface area contributed by atoms with Gasteiger partial charge in [0.25, 0.3) is 5.91 Å². The number of carbonyl (C=O) groups is 2. The van der Waals surface area contributed by atoms with Crippen LogP contribution >= 0.6 is 0 Å². The summed E-state index contributed by atoms with van der Waals surface area (Å²) in [6.07, 6.45) is 3.97. The fraction of sp³-hybridized carbons (Fsp3) is 0.107. The van der Waals surface area contributed by atoms with Gasteiger partial charge < -0.3 is 20.3 Å². The van der Waals surface area contributed by atoms with Crippen LogP contribution in [0.25, 0.3) is 22.7 Å². The van der Waals surface area contributed by atoms with E-state index >= 15 is 0 Å². The highest BCUT2D eigenvalue weighted by Crippen LogP contribution is 2.38. The maximum absolute atomic E-state index is 13.8. The quantitative estimate of drug-likeness (QED) is 0.316. The number of aliphatic carboxylic acids is 1. The van der Waals surface area contributed by atoms with E-state index in [1.165, 1.54) is 12.1 Å². The second-order valence-corrected chi connectivity index (χ2v) is 8.55. The Bertz CT molecular complexity index is 1510. The lowest BCUT2D eigenvalue weighted by Gasteiger charge is -2.16. The lowest BCUT2D eigenvalue weighted by atomic mass is 9.97. The van der Waals surface area contributed by atoms with Crippen LogP contribution in [0.4, 0.5) is 15.8 Å². The van der Waals surface area contributed by atoms with Crippen molar-refractivity contribution in [2.75, 3.05) is 10.6 Å². The predicted octanol–water partition coefficient (Wildman–Crippen LogP) is 5.18. The summed E-state index contributed by atoms with van der Waals surface area (Å²) in [7, 11) is 1.92. The van der Waals surface area contributed by atoms with E-state index in [2.05, 4.69) is 15.6 Å². The third-order valence-electron chi connectivity index (χ3n) is 6.05. The van der Waals surface area contributed by atoms with Gasteiger partial charge in [-0.25, -0.2) is 9.37 Å². The molecule has 0 aliphatic carbocycles. The van der Waals surface area contributed by atoms with E-state index in [0.717, 1.165) is 22.6 Å². The molecule has 0 atom stereocenters. The van der Waals surface area contributed by atoms with Crippen LogP contribution in [0, 0.1) is 5.82 Å². The first-order valence-electron chi connectivity index (χ1n) is 11.4. The van der Waals surface area contributed by atoms with Crippen molar-refractivity contribution in [2.45, 2.75) is 12.8 Å². The number of carbonyl (C=O) groups excluding carboxylic acids is 1. The number of carboxylic acids is 1. The standard InChI is InChI=1S/C28H23FN4O3/c1-33-14-13-30-27(33)18-6-9-21(10-7-18)31-26(19-4-2-3-17(15-19)5-12-24(34)35)25-22-11-8-20(29)16-23(22)32-28(25)36/h2-4,6-11,13-16,31H,5,12H2,1H3,(H,32,36)(H,34,35). The smallest absolute Gasteiger partial charge is 0.303 e. The van der Waals surface area contributed by atoms with Gasteiger partial charge >= 0.3 is 5.97 Å². The van der Waals surface area contributed by atoms with Crippen molar-refractivity contribution in [3.05, 3.63) is 102 Å². The van der Waals surface area contributed by atoms with E-state index in [4.69, 9.17) is 5.11 Å². The number of aryl methyl sites for hydroxylation is 2. The average Bonchev–Trinajstić information content (AvgIpc) is 3.43. The maximum Gasteiger partial charge on any atom is 0.303 e. The molecule has 0 saturated carbocycles. The molecule has 0 unspecified atom stereocenters. The Labute approximate surface area is 206 Å². The zero-order valence-corrected chi connectivity index (χ0v) is 19.5. The highest BCUT2D eigenvalue weighted by molar-refractivity contribution is 6.37. The molecule has 0 spiro atoms. The fourth-order valence-electron chi connectivity index (χ4n) is 4.30. The van der Waals surface area contributed by atoms with Crippen LogP contribution in [0.1, 0.15) is 23.1 Å². The van der Waals surface area contributed by atoms with Gasteiger partial charge in [0.2, 0.25) is 0 Å². The molecule has 0 fully saturated rings. The van der Waals surface area contributed by atoms with Crippen LogP contribution in [-0.2, 0) is 23.1 Å². The van der Waals surface area contributed by atoms with E-state index in [1.54, 1.807) is 12.3 Å². The minimum Gasteiger partial charge on any atom is -0.481 e. The molecule has 3 aromatic carbocycles. The minimum atomic E-state index is -0.879. The van der Waals surface area contributed by atoms with Gasteiger partial charge in [0.05, 0.1) is 17.0 Å². The molecule has 1 aliphatic heterocycles. The number of fused-ring (bicyclic) bond motifs is 1. The van der Waals surface area contributed by atoms with Crippen LogP contribution < -0.4 is 10.6 Å². The van der Waals surface area contributed by atoms with Crippen LogP contribution in [0.2, 0.25) is 0 Å². The number of amides is 1. The molecule has 7 nitrogen and oxygen atoms in total. The first-order chi connectivity index (χ1) is 17.4. The van der Waals surface area contributed by atoms with Crippen LogP contribution in [0.3, 0.4) is 0 Å². The average molecular weight is 483 g/mol. The van der Waals surface area contributed by atoms with Gasteiger partial charge in [-0.3, -0.25) is 9.59 Å². The predicted molar refractivity (Wildman–Crippen MR) is 137 cm³/mol. The van der Waals surface area contributed by atoms with Crippen molar-refractivity contribution in [1.82, 2.24) is 9.55 Å². The number of hydrogen-bond donors (Lipinski definition) is 3. The number of imidazole rings is 1. The second-order valence-electron chi connectivity index (χ2n) is 8.55. The van der Waals surface area contributed by atoms with E-state index < -0.39 is 11.8 Å². The van der Waals surface area contributed by atoms with Crippen LogP contribution in [-0.4, -0.2) is 26.5 Å². The van der Waals surface area contributed by atoms with Gasteiger partial charge in [0, 0.05) is 42.7 Å². The molecule has 36 heavy (non-hydrogen) atoms. The zero-order valence-electron chi connectivity index (χ0n) is 19.5. The molecule has 5 rings (SSSR count). The molecule has 0 saturated heterocycles. The summed E-state index contributed by atoms with van der Waals surface area (Å²) in [4.78, 5) is 28.5. The highest BCUT2D eigenvalue weighted by Gasteiger charge is 2.29. The summed E-state index contributed by atoms with van der Waals surface area (Å²) in [5, 5.41) is 15.2. The van der Waals surface area contributed by atoms with Gasteiger partial charge in [-0.2, -0.15) is 0 Å². The van der Waals surface area contributed by atoms with E-state index in [1.807, 2.05) is 66.3 Å². The van der Waals surface area contributed by atoms with Gasteiger partial charge in [-0.15, -0.1) is 0 Å². The Kier molecular flexibility index (Phi) is 6.08. The lowest BCUT2D eigenvalue weighted by molar-refractivity contribution is -0.137. The Morgan fingerprint density at radius 3 is 2.64 bits per heavy atom. The summed E-state index contributed by atoms with van der Waals surface area (Å²) in [6.45, 7) is 0. The van der Waals surface area contributed by atoms with Gasteiger partial charge in [0.1, 0.15) is 11.6 Å². The third-order valence-corrected chi connectivity index (χ3v) is 6.05. The first-order valence-corrected chi connectivity index (χ1v) is 11.4. The number of anilines is 2. The third kappa shape index (κ3) is 4.61. The topological polar surface area (TPSA) is 96.3 Å². The number of rotatable bonds is 7. The number of aromatic nitrogens is 2. The molecular formula is C28H23FN4O3. The first kappa shape index (κ1) is 23.0. The Balaban J connectivity index is 1.58. The monoisotopic (exact) mass is 482 g/mol. The molecule has 4 aromatic rings. The molecular weight excluding hydrogens is 459 g/mol. The molecule has 1 amide bonds. The number of carboxylic acid groups (broad SMARTS) is 1. The molecule has 2 heterocycles. The number of hydrogen-bond acceptors (Lipinski definition) is 4. The molecule has 1 aliphatic rings. The fourth-order valence-corrected chi connectivity index (χ4v) is 4.30. The zero-order chi connectivity index (χ0) is 25.2. The summed E-state index contributed by atoms with van der Waals surface area (Å²) in [6, 6.07) is 19.3. The second kappa shape index (κ2) is 9.50. The Morgan fingerprint density at radius 1 is 1.11 bits per heavy atom. The number of nitrogens with zero attached hydrogens (tertiary/aromatic N) is 2. The SMILES string of the molecule is Cn1ccnc1-c1ccc(NC(=C2C(=O)Nc3cc(F)ccc32)c2cccc(CCC(=O)O)c2)cc1. The van der Waals surface area contributed by atoms with Crippen molar-refractivity contribution < 1.29 is 19.1 Å². The molecule has 1 aromatic heterocycles. The molecule has 0 bridgehead atoms. The number of halogens is 1. The number of nitrogens with one attached hydrogen (secondary N) is 2.